The van der Waals surface area contributed by atoms with Gasteiger partial charge in [0.1, 0.15) is 0 Å². The number of hydrogen-bond acceptors (Lipinski definition) is 3. The Morgan fingerprint density at radius 1 is 1.25 bits per heavy atom. The van der Waals surface area contributed by atoms with Gasteiger partial charge in [0.05, 0.1) is 6.04 Å². The number of likely N-dealkylation sites (tertiary alicyclic amines) is 1. The molecule has 1 atom stereocenters. The number of alkyl halides is 3. The summed E-state index contributed by atoms with van der Waals surface area (Å²) in [7, 11) is 3.87. The minimum atomic E-state index is -5.08. The van der Waals surface area contributed by atoms with Gasteiger partial charge in [-0.2, -0.15) is 13.2 Å². The normalized spacial score (nSPS) is 20.7. The summed E-state index contributed by atoms with van der Waals surface area (Å²) in [6.45, 7) is 4.43. The zero-order valence-electron chi connectivity index (χ0n) is 16.2. The third-order valence-corrected chi connectivity index (χ3v) is 5.47. The first-order valence-electron chi connectivity index (χ1n) is 9.06. The molecule has 1 unspecified atom stereocenters. The highest BCUT2D eigenvalue weighted by molar-refractivity contribution is 5.74. The maximum absolute atomic E-state index is 11.7. The van der Waals surface area contributed by atoms with E-state index in [0.717, 1.165) is 19.5 Å². The number of aliphatic carboxylic acids is 1. The van der Waals surface area contributed by atoms with Gasteiger partial charge in [0.15, 0.2) is 0 Å². The fourth-order valence-corrected chi connectivity index (χ4v) is 3.92. The Labute approximate surface area is 162 Å². The van der Waals surface area contributed by atoms with Crippen LogP contribution < -0.4 is 10.6 Å². The van der Waals surface area contributed by atoms with E-state index in [1.807, 2.05) is 0 Å². The highest BCUT2D eigenvalue weighted by Gasteiger charge is 2.45. The molecule has 1 aromatic rings. The minimum absolute atomic E-state index is 0.0866. The molecule has 1 fully saturated rings. The summed E-state index contributed by atoms with van der Waals surface area (Å²) in [5.74, 6) is -2.76. The number of carboxylic acids is 1. The molecule has 156 valence electrons. The predicted octanol–water partition coefficient (Wildman–Crippen LogP) is 2.97. The van der Waals surface area contributed by atoms with E-state index in [0.29, 0.717) is 0 Å². The van der Waals surface area contributed by atoms with E-state index in [1.165, 1.54) is 29.5 Å². The molecule has 1 aromatic carbocycles. The van der Waals surface area contributed by atoms with Gasteiger partial charge in [0.25, 0.3) is 0 Å². The van der Waals surface area contributed by atoms with Crippen LogP contribution in [0.5, 0.6) is 0 Å². The SMILES string of the molecule is CNC(=O)NC1CC2(CCN(C)CC2)c2cc(C)ccc21.O=C(O)C(F)(F)F. The lowest BCUT2D eigenvalue weighted by molar-refractivity contribution is -0.192. The summed E-state index contributed by atoms with van der Waals surface area (Å²) in [5.41, 5.74) is 4.35. The molecule has 9 heteroatoms. The number of nitrogens with zero attached hydrogens (tertiary/aromatic N) is 1. The molecule has 0 saturated carbocycles. The Balaban J connectivity index is 0.000000345. The maximum atomic E-state index is 11.7. The Kier molecular flexibility index (Phi) is 6.59. The van der Waals surface area contributed by atoms with Gasteiger partial charge in [-0.3, -0.25) is 0 Å². The molecule has 1 aliphatic heterocycles. The first-order chi connectivity index (χ1) is 13.0. The van der Waals surface area contributed by atoms with Crippen molar-refractivity contribution >= 4 is 12.0 Å². The number of carbonyl (C=O) groups excluding carboxylic acids is 1. The van der Waals surface area contributed by atoms with Crippen molar-refractivity contribution in [2.24, 2.45) is 0 Å². The van der Waals surface area contributed by atoms with E-state index in [2.05, 4.69) is 47.7 Å². The summed E-state index contributed by atoms with van der Waals surface area (Å²) >= 11 is 0. The van der Waals surface area contributed by atoms with Gasteiger partial charge < -0.3 is 20.6 Å². The number of urea groups is 1. The van der Waals surface area contributed by atoms with Crippen LogP contribution in [-0.2, 0) is 10.2 Å². The lowest BCUT2D eigenvalue weighted by Gasteiger charge is -2.39. The number of amides is 2. The van der Waals surface area contributed by atoms with Crippen molar-refractivity contribution in [1.29, 1.82) is 0 Å². The number of nitrogens with one attached hydrogen (secondary N) is 2. The van der Waals surface area contributed by atoms with Crippen LogP contribution in [0.15, 0.2) is 18.2 Å². The molecule has 0 aromatic heterocycles. The van der Waals surface area contributed by atoms with Crippen molar-refractivity contribution in [3.05, 3.63) is 34.9 Å². The minimum Gasteiger partial charge on any atom is -0.475 e. The van der Waals surface area contributed by atoms with Crippen molar-refractivity contribution in [3.8, 4) is 0 Å². The zero-order valence-corrected chi connectivity index (χ0v) is 16.2. The third-order valence-electron chi connectivity index (χ3n) is 5.47. The summed E-state index contributed by atoms with van der Waals surface area (Å²) in [6, 6.07) is 6.76. The number of hydrogen-bond donors (Lipinski definition) is 3. The van der Waals surface area contributed by atoms with Gasteiger partial charge in [0.2, 0.25) is 0 Å². The Hall–Kier alpha value is -2.29. The second kappa shape index (κ2) is 8.38. The summed E-state index contributed by atoms with van der Waals surface area (Å²) in [4.78, 5) is 23.0. The number of rotatable bonds is 1. The molecular formula is C19H26F3N3O3. The van der Waals surface area contributed by atoms with Crippen LogP contribution in [-0.4, -0.2) is 55.4 Å². The number of carboxylic acid groups (broad SMARTS) is 1. The fourth-order valence-electron chi connectivity index (χ4n) is 3.92. The molecule has 1 spiro atoms. The molecule has 3 N–H and O–H groups in total. The van der Waals surface area contributed by atoms with Crippen LogP contribution in [0.25, 0.3) is 0 Å². The lowest BCUT2D eigenvalue weighted by Crippen LogP contribution is -2.41. The molecule has 1 saturated heterocycles. The Morgan fingerprint density at radius 3 is 2.32 bits per heavy atom. The number of halogens is 3. The molecule has 2 aliphatic rings. The van der Waals surface area contributed by atoms with Gasteiger partial charge in [-0.15, -0.1) is 0 Å². The second-order valence-electron chi connectivity index (χ2n) is 7.46. The van der Waals surface area contributed by atoms with Crippen LogP contribution in [0.2, 0.25) is 0 Å². The Morgan fingerprint density at radius 2 is 1.82 bits per heavy atom. The number of aryl methyl sites for hydroxylation is 1. The average Bonchev–Trinajstić information content (AvgIpc) is 2.90. The van der Waals surface area contributed by atoms with Gasteiger partial charge in [0, 0.05) is 12.5 Å². The van der Waals surface area contributed by atoms with E-state index >= 15 is 0 Å². The van der Waals surface area contributed by atoms with E-state index in [4.69, 9.17) is 9.90 Å². The highest BCUT2D eigenvalue weighted by Crippen LogP contribution is 2.50. The van der Waals surface area contributed by atoms with E-state index in [1.54, 1.807) is 7.05 Å². The monoisotopic (exact) mass is 401 g/mol. The van der Waals surface area contributed by atoms with Crippen LogP contribution >= 0.6 is 0 Å². The standard InChI is InChI=1S/C17H25N3O.C2HF3O2/c1-12-4-5-13-14(10-12)17(6-8-20(3)9-7-17)11-15(13)19-16(21)18-2;3-2(4,5)1(6)7/h4-5,10,15H,6-9,11H2,1-3H3,(H2,18,19,21);(H,6,7). The maximum Gasteiger partial charge on any atom is 0.490 e. The first-order valence-corrected chi connectivity index (χ1v) is 9.06. The molecule has 6 nitrogen and oxygen atoms in total. The van der Waals surface area contributed by atoms with Gasteiger partial charge in [-0.05, 0) is 57.5 Å². The molecule has 1 heterocycles. The lowest BCUT2D eigenvalue weighted by atomic mass is 9.73. The largest absolute Gasteiger partial charge is 0.490 e. The summed E-state index contributed by atoms with van der Waals surface area (Å²) < 4.78 is 31.7. The molecular weight excluding hydrogens is 375 g/mol. The predicted molar refractivity (Wildman–Crippen MR) is 98.2 cm³/mol. The number of benzene rings is 1. The quantitative estimate of drug-likeness (QED) is 0.676. The molecule has 28 heavy (non-hydrogen) atoms. The molecule has 3 rings (SSSR count). The molecule has 2 amide bonds. The number of carbonyl (C=O) groups is 2. The van der Waals surface area contributed by atoms with Crippen molar-refractivity contribution in [2.45, 2.75) is 43.8 Å². The number of piperidine rings is 1. The smallest absolute Gasteiger partial charge is 0.475 e. The molecule has 0 radical (unpaired) electrons. The zero-order chi connectivity index (χ0) is 21.1. The van der Waals surface area contributed by atoms with Crippen molar-refractivity contribution in [3.63, 3.8) is 0 Å². The van der Waals surface area contributed by atoms with Crippen LogP contribution in [0.4, 0.5) is 18.0 Å². The Bertz CT molecular complexity index is 729. The molecule has 0 bridgehead atoms. The van der Waals surface area contributed by atoms with Crippen LogP contribution in [0, 0.1) is 6.92 Å². The van der Waals surface area contributed by atoms with Crippen molar-refractivity contribution in [1.82, 2.24) is 15.5 Å². The van der Waals surface area contributed by atoms with Crippen molar-refractivity contribution < 1.29 is 27.9 Å². The average molecular weight is 401 g/mol. The van der Waals surface area contributed by atoms with E-state index in [9.17, 15) is 18.0 Å². The first kappa shape index (κ1) is 22.0. The second-order valence-corrected chi connectivity index (χ2v) is 7.46. The number of fused-ring (bicyclic) bond motifs is 2. The molecule has 1 aliphatic carbocycles. The fraction of sp³-hybridized carbons (Fsp3) is 0.579. The van der Waals surface area contributed by atoms with Gasteiger partial charge in [-0.1, -0.05) is 23.8 Å². The van der Waals surface area contributed by atoms with Crippen LogP contribution in [0.1, 0.15) is 42.0 Å². The van der Waals surface area contributed by atoms with Gasteiger partial charge >= 0.3 is 18.2 Å². The van der Waals surface area contributed by atoms with Gasteiger partial charge in [-0.25, -0.2) is 9.59 Å². The van der Waals surface area contributed by atoms with E-state index in [-0.39, 0.29) is 17.5 Å². The van der Waals surface area contributed by atoms with Crippen molar-refractivity contribution in [2.75, 3.05) is 27.2 Å². The summed E-state index contributed by atoms with van der Waals surface area (Å²) in [6.07, 6.45) is -1.68. The summed E-state index contributed by atoms with van der Waals surface area (Å²) in [5, 5.41) is 12.9. The van der Waals surface area contributed by atoms with E-state index < -0.39 is 12.1 Å². The topological polar surface area (TPSA) is 81.7 Å². The van der Waals surface area contributed by atoms with Crippen LogP contribution in [0.3, 0.4) is 0 Å². The highest BCUT2D eigenvalue weighted by atomic mass is 19.4. The third kappa shape index (κ3) is 4.95.